The third kappa shape index (κ3) is 5.05. The summed E-state index contributed by atoms with van der Waals surface area (Å²) >= 11 is 5.98. The second-order valence-electron chi connectivity index (χ2n) is 8.87. The van der Waals surface area contributed by atoms with E-state index in [1.54, 1.807) is 24.3 Å². The van der Waals surface area contributed by atoms with Gasteiger partial charge in [0.25, 0.3) is 0 Å². The van der Waals surface area contributed by atoms with Crippen molar-refractivity contribution in [3.63, 3.8) is 0 Å². The molecule has 5 nitrogen and oxygen atoms in total. The first-order valence-electron chi connectivity index (χ1n) is 11.1. The Morgan fingerprint density at radius 2 is 2.09 bits per heavy atom. The van der Waals surface area contributed by atoms with Crippen LogP contribution in [0, 0.1) is 17.6 Å². The van der Waals surface area contributed by atoms with Crippen LogP contribution in [0.5, 0.6) is 0 Å². The lowest BCUT2D eigenvalue weighted by Crippen LogP contribution is -2.43. The summed E-state index contributed by atoms with van der Waals surface area (Å²) in [6.07, 6.45) is 4.32. The van der Waals surface area contributed by atoms with E-state index in [1.807, 2.05) is 19.9 Å². The van der Waals surface area contributed by atoms with Gasteiger partial charge in [-0.1, -0.05) is 23.7 Å². The number of nitrogens with zero attached hydrogens (tertiary/aromatic N) is 2. The van der Waals surface area contributed by atoms with Crippen LogP contribution in [0.25, 0.3) is 0 Å². The summed E-state index contributed by atoms with van der Waals surface area (Å²) in [5.74, 6) is 0.346. The minimum atomic E-state index is -0.344. The molecular weight excluding hydrogens is 432 g/mol. The fourth-order valence-electron chi connectivity index (χ4n) is 4.81. The van der Waals surface area contributed by atoms with E-state index in [-0.39, 0.29) is 34.9 Å². The van der Waals surface area contributed by atoms with Crippen molar-refractivity contribution in [2.24, 2.45) is 5.92 Å². The van der Waals surface area contributed by atoms with Gasteiger partial charge < -0.3 is 10.7 Å². The monoisotopic (exact) mass is 461 g/mol. The molecule has 0 spiro atoms. The van der Waals surface area contributed by atoms with E-state index in [9.17, 15) is 8.78 Å². The standard InChI is InChI=1S/C24H30ClF2N5/c1-14-11-23(31-30-14)29-22-8-7-20(26)21(28-22)13-17-9-10-32(15(2)12-17)16(3)18-5-4-6-19(25)24(18)27/h4-8,11,15-17,23,30-31H,9-10,12-13H2,1-3H3,(H,28,29)/t15-,16?,17?,23?/m1/s1. The normalized spacial score (nSPS) is 24.7. The van der Waals surface area contributed by atoms with Crippen molar-refractivity contribution in [1.82, 2.24) is 20.7 Å². The van der Waals surface area contributed by atoms with Gasteiger partial charge in [0.1, 0.15) is 23.6 Å². The second-order valence-corrected chi connectivity index (χ2v) is 9.27. The van der Waals surface area contributed by atoms with E-state index >= 15 is 0 Å². The molecule has 4 atom stereocenters. The molecule has 3 heterocycles. The molecule has 8 heteroatoms. The van der Waals surface area contributed by atoms with Gasteiger partial charge in [-0.15, -0.1) is 0 Å². The molecule has 0 saturated carbocycles. The van der Waals surface area contributed by atoms with Crippen LogP contribution < -0.4 is 16.2 Å². The Morgan fingerprint density at radius 3 is 2.81 bits per heavy atom. The number of rotatable bonds is 6. The van der Waals surface area contributed by atoms with Gasteiger partial charge in [0.05, 0.1) is 10.7 Å². The highest BCUT2D eigenvalue weighted by Crippen LogP contribution is 2.34. The first-order valence-corrected chi connectivity index (χ1v) is 11.5. The molecule has 3 N–H and O–H groups in total. The van der Waals surface area contributed by atoms with Crippen LogP contribution in [-0.2, 0) is 6.42 Å². The van der Waals surface area contributed by atoms with Crippen LogP contribution in [0.1, 0.15) is 50.9 Å². The Balaban J connectivity index is 1.39. The number of hydrogen-bond acceptors (Lipinski definition) is 5. The van der Waals surface area contributed by atoms with Gasteiger partial charge in [0.15, 0.2) is 0 Å². The molecule has 1 saturated heterocycles. The van der Waals surface area contributed by atoms with E-state index in [0.29, 0.717) is 29.4 Å². The number of piperidine rings is 1. The molecule has 0 amide bonds. The van der Waals surface area contributed by atoms with Gasteiger partial charge in [0.2, 0.25) is 0 Å². The second kappa shape index (κ2) is 9.73. The zero-order valence-corrected chi connectivity index (χ0v) is 19.4. The number of nitrogens with one attached hydrogen (secondary N) is 3. The number of likely N-dealkylation sites (tertiary alicyclic amines) is 1. The molecule has 2 aliphatic rings. The van der Waals surface area contributed by atoms with Gasteiger partial charge in [-0.05, 0) is 76.8 Å². The number of allylic oxidation sites excluding steroid dienone is 1. The van der Waals surface area contributed by atoms with Crippen molar-refractivity contribution in [2.75, 3.05) is 11.9 Å². The van der Waals surface area contributed by atoms with Gasteiger partial charge in [-0.25, -0.2) is 19.2 Å². The Hall–Kier alpha value is -2.22. The summed E-state index contributed by atoms with van der Waals surface area (Å²) in [4.78, 5) is 6.85. The van der Waals surface area contributed by atoms with E-state index in [0.717, 1.165) is 25.1 Å². The molecular formula is C24H30ClF2N5. The highest BCUT2D eigenvalue weighted by Gasteiger charge is 2.31. The van der Waals surface area contributed by atoms with E-state index < -0.39 is 0 Å². The number of hydrogen-bond donors (Lipinski definition) is 3. The summed E-state index contributed by atoms with van der Waals surface area (Å²) in [5.41, 5.74) is 8.25. The Bertz CT molecular complexity index is 998. The highest BCUT2D eigenvalue weighted by atomic mass is 35.5. The first kappa shape index (κ1) is 23.0. The largest absolute Gasteiger partial charge is 0.350 e. The lowest BCUT2D eigenvalue weighted by atomic mass is 9.86. The molecule has 1 fully saturated rings. The number of anilines is 1. The number of halogens is 3. The van der Waals surface area contributed by atoms with E-state index in [2.05, 4.69) is 33.0 Å². The SMILES string of the molecule is CC1=CC(Nc2ccc(F)c(CC3CCN(C(C)c4cccc(Cl)c4F)[C@H](C)C3)n2)NN1. The third-order valence-electron chi connectivity index (χ3n) is 6.51. The molecule has 0 radical (unpaired) electrons. The van der Waals surface area contributed by atoms with Gasteiger partial charge in [-0.3, -0.25) is 4.90 Å². The lowest BCUT2D eigenvalue weighted by Gasteiger charge is -2.41. The van der Waals surface area contributed by atoms with Crippen LogP contribution in [0.4, 0.5) is 14.6 Å². The van der Waals surface area contributed by atoms with E-state index in [1.165, 1.54) is 6.07 Å². The molecule has 0 bridgehead atoms. The molecule has 4 rings (SSSR count). The minimum absolute atomic E-state index is 0.0731. The summed E-state index contributed by atoms with van der Waals surface area (Å²) in [7, 11) is 0. The Morgan fingerprint density at radius 1 is 1.28 bits per heavy atom. The molecule has 32 heavy (non-hydrogen) atoms. The Kier molecular flexibility index (Phi) is 6.98. The van der Waals surface area contributed by atoms with Crippen LogP contribution in [0.15, 0.2) is 42.1 Å². The molecule has 0 aliphatic carbocycles. The zero-order chi connectivity index (χ0) is 22.8. The highest BCUT2D eigenvalue weighted by molar-refractivity contribution is 6.30. The quantitative estimate of drug-likeness (QED) is 0.554. The van der Waals surface area contributed by atoms with Crippen LogP contribution in [-0.4, -0.2) is 28.6 Å². The zero-order valence-electron chi connectivity index (χ0n) is 18.6. The van der Waals surface area contributed by atoms with Gasteiger partial charge >= 0.3 is 0 Å². The summed E-state index contributed by atoms with van der Waals surface area (Å²) < 4.78 is 29.0. The maximum Gasteiger partial charge on any atom is 0.146 e. The predicted molar refractivity (Wildman–Crippen MR) is 124 cm³/mol. The lowest BCUT2D eigenvalue weighted by molar-refractivity contribution is 0.0822. The average molecular weight is 462 g/mol. The van der Waals surface area contributed by atoms with Gasteiger partial charge in [0, 0.05) is 23.3 Å². The summed E-state index contributed by atoms with van der Waals surface area (Å²) in [5, 5.41) is 3.41. The van der Waals surface area contributed by atoms with Crippen molar-refractivity contribution in [3.05, 3.63) is 70.0 Å². The van der Waals surface area contributed by atoms with Crippen LogP contribution in [0.2, 0.25) is 5.02 Å². The molecule has 3 unspecified atom stereocenters. The maximum absolute atomic E-state index is 14.5. The molecule has 1 aromatic carbocycles. The van der Waals surface area contributed by atoms with Crippen molar-refractivity contribution < 1.29 is 8.78 Å². The number of benzene rings is 1. The van der Waals surface area contributed by atoms with Crippen LogP contribution >= 0.6 is 11.6 Å². The van der Waals surface area contributed by atoms with Crippen molar-refractivity contribution >= 4 is 17.4 Å². The minimum Gasteiger partial charge on any atom is -0.350 e. The van der Waals surface area contributed by atoms with Crippen LogP contribution in [0.3, 0.4) is 0 Å². The fraction of sp³-hybridized carbons (Fsp3) is 0.458. The summed E-state index contributed by atoms with van der Waals surface area (Å²) in [6.45, 7) is 6.96. The summed E-state index contributed by atoms with van der Waals surface area (Å²) in [6, 6.07) is 8.47. The van der Waals surface area contributed by atoms with Crippen molar-refractivity contribution in [1.29, 1.82) is 0 Å². The Labute approximate surface area is 193 Å². The van der Waals surface area contributed by atoms with Crippen molar-refractivity contribution in [3.8, 4) is 0 Å². The molecule has 2 aliphatic heterocycles. The number of aromatic nitrogens is 1. The van der Waals surface area contributed by atoms with E-state index in [4.69, 9.17) is 11.6 Å². The smallest absolute Gasteiger partial charge is 0.146 e. The van der Waals surface area contributed by atoms with Gasteiger partial charge in [-0.2, -0.15) is 0 Å². The first-order chi connectivity index (χ1) is 15.3. The fourth-order valence-corrected chi connectivity index (χ4v) is 5.00. The molecule has 1 aromatic heterocycles. The molecule has 2 aromatic rings. The number of pyridine rings is 1. The average Bonchev–Trinajstić information content (AvgIpc) is 3.17. The maximum atomic E-state index is 14.5. The third-order valence-corrected chi connectivity index (χ3v) is 6.80. The topological polar surface area (TPSA) is 52.2 Å². The predicted octanol–water partition coefficient (Wildman–Crippen LogP) is 5.17. The number of hydrazine groups is 1. The van der Waals surface area contributed by atoms with Crippen molar-refractivity contribution in [2.45, 2.75) is 58.3 Å². The molecule has 172 valence electrons.